The summed E-state index contributed by atoms with van der Waals surface area (Å²) >= 11 is 0. The predicted molar refractivity (Wildman–Crippen MR) is 155 cm³/mol. The van der Waals surface area contributed by atoms with E-state index in [9.17, 15) is 4.79 Å². The van der Waals surface area contributed by atoms with Crippen LogP contribution in [-0.4, -0.2) is 20.1 Å². The molecule has 0 fully saturated rings. The summed E-state index contributed by atoms with van der Waals surface area (Å²) in [5, 5.41) is 0. The minimum atomic E-state index is 0.0474. The van der Waals surface area contributed by atoms with Crippen molar-refractivity contribution in [2.75, 3.05) is 19.1 Å². The van der Waals surface area contributed by atoms with Gasteiger partial charge in [-0.25, -0.2) is 0 Å². The van der Waals surface area contributed by atoms with E-state index in [0.717, 1.165) is 29.0 Å². The van der Waals surface area contributed by atoms with E-state index in [1.807, 2.05) is 30.0 Å². The van der Waals surface area contributed by atoms with Gasteiger partial charge in [-0.2, -0.15) is 0 Å². The van der Waals surface area contributed by atoms with Crippen LogP contribution in [0.15, 0.2) is 72.3 Å². The number of allylic oxidation sites excluding steroid dienone is 4. The van der Waals surface area contributed by atoms with Crippen LogP contribution in [0.1, 0.15) is 59.6 Å². The van der Waals surface area contributed by atoms with Crippen LogP contribution in [0.5, 0.6) is 11.5 Å². The van der Waals surface area contributed by atoms with E-state index in [1.54, 1.807) is 14.2 Å². The standard InChI is InChI=1S/C34H35NO3/c1-6-23-11-18-30(35(32(36)7-2)21-26-16-17-27(37-4)20-31(26)38-5)29(19-23)34(25-14-15-25)28-10-8-9-22(3)33(28)24-12-13-24/h8-20,34H,6-7,21H2,1-5H3/t34-/m1/s1. The molecule has 0 spiro atoms. The molecule has 0 saturated heterocycles. The number of carbonyl (C=O) groups is 1. The lowest BCUT2D eigenvalue weighted by Crippen LogP contribution is -2.31. The predicted octanol–water partition coefficient (Wildman–Crippen LogP) is 7.40. The molecule has 3 aromatic rings. The molecule has 0 N–H and O–H groups in total. The monoisotopic (exact) mass is 505 g/mol. The van der Waals surface area contributed by atoms with Crippen molar-refractivity contribution in [3.05, 3.63) is 119 Å². The van der Waals surface area contributed by atoms with Crippen molar-refractivity contribution in [3.63, 3.8) is 0 Å². The zero-order valence-electron chi connectivity index (χ0n) is 22.9. The maximum absolute atomic E-state index is 13.6. The molecule has 0 heterocycles. The number of hydrogen-bond donors (Lipinski definition) is 0. The summed E-state index contributed by atoms with van der Waals surface area (Å²) in [4.78, 5) is 15.5. The van der Waals surface area contributed by atoms with Gasteiger partial charge in [0.15, 0.2) is 0 Å². The Kier molecular flexibility index (Phi) is 7.42. The Morgan fingerprint density at radius 1 is 0.921 bits per heavy atom. The van der Waals surface area contributed by atoms with Crippen LogP contribution in [0.3, 0.4) is 0 Å². The summed E-state index contributed by atoms with van der Waals surface area (Å²) < 4.78 is 11.1. The first-order valence-corrected chi connectivity index (χ1v) is 13.3. The van der Waals surface area contributed by atoms with Gasteiger partial charge in [0.25, 0.3) is 0 Å². The zero-order valence-corrected chi connectivity index (χ0v) is 22.9. The quantitative estimate of drug-likeness (QED) is 0.273. The van der Waals surface area contributed by atoms with E-state index in [4.69, 9.17) is 9.47 Å². The van der Waals surface area contributed by atoms with Crippen LogP contribution in [0, 0.1) is 19.8 Å². The number of rotatable bonds is 11. The average molecular weight is 506 g/mol. The Hall–Kier alpha value is -3.79. The Labute approximate surface area is 226 Å². The van der Waals surface area contributed by atoms with Gasteiger partial charge in [0.2, 0.25) is 5.91 Å². The lowest BCUT2D eigenvalue weighted by Gasteiger charge is -2.30. The fraction of sp³-hybridized carbons (Fsp3) is 0.265. The molecule has 4 heteroatoms. The molecule has 1 amide bonds. The topological polar surface area (TPSA) is 38.8 Å². The summed E-state index contributed by atoms with van der Waals surface area (Å²) in [6.45, 7) is 6.69. The SMILES string of the molecule is CCC(=O)N(Cc1ccc(OC)cc1OC)c1ccc(CC)cc1[C@H](C1=C[CH]1)c1cccc(C)c1C1=C[CH]1. The van der Waals surface area contributed by atoms with Crippen LogP contribution in [0.25, 0.3) is 5.57 Å². The molecule has 1 atom stereocenters. The van der Waals surface area contributed by atoms with Crippen molar-refractivity contribution < 1.29 is 14.3 Å². The first kappa shape index (κ1) is 25.8. The van der Waals surface area contributed by atoms with Crippen molar-refractivity contribution in [2.45, 2.75) is 46.1 Å². The van der Waals surface area contributed by atoms with Gasteiger partial charge in [-0.3, -0.25) is 4.79 Å². The smallest absolute Gasteiger partial charge is 0.227 e. The van der Waals surface area contributed by atoms with Crippen LogP contribution in [0.2, 0.25) is 0 Å². The molecule has 0 aromatic heterocycles. The number of benzene rings is 3. The molecule has 5 rings (SSSR count). The Morgan fingerprint density at radius 2 is 1.71 bits per heavy atom. The zero-order chi connectivity index (χ0) is 26.8. The molecule has 4 nitrogen and oxygen atoms in total. The second kappa shape index (κ2) is 10.9. The number of amides is 1. The van der Waals surface area contributed by atoms with Gasteiger partial charge >= 0.3 is 0 Å². The van der Waals surface area contributed by atoms with Gasteiger partial charge in [-0.15, -0.1) is 0 Å². The number of anilines is 1. The van der Waals surface area contributed by atoms with E-state index in [-0.39, 0.29) is 11.8 Å². The van der Waals surface area contributed by atoms with Gasteiger partial charge in [0.1, 0.15) is 11.5 Å². The number of carbonyl (C=O) groups excluding carboxylic acids is 1. The largest absolute Gasteiger partial charge is 0.497 e. The maximum Gasteiger partial charge on any atom is 0.227 e. The van der Waals surface area contributed by atoms with Gasteiger partial charge in [-0.05, 0) is 64.9 Å². The third-order valence-electron chi connectivity index (χ3n) is 7.46. The highest BCUT2D eigenvalue weighted by Crippen LogP contribution is 2.48. The highest BCUT2D eigenvalue weighted by atomic mass is 16.5. The normalized spacial score (nSPS) is 14.3. The number of ether oxygens (including phenoxy) is 2. The summed E-state index contributed by atoms with van der Waals surface area (Å²) in [7, 11) is 3.29. The molecular formula is C34H35NO3. The lowest BCUT2D eigenvalue weighted by atomic mass is 9.82. The number of hydrogen-bond acceptors (Lipinski definition) is 3. The fourth-order valence-electron chi connectivity index (χ4n) is 5.25. The third-order valence-corrected chi connectivity index (χ3v) is 7.46. The van der Waals surface area contributed by atoms with E-state index in [0.29, 0.717) is 18.7 Å². The van der Waals surface area contributed by atoms with Crippen LogP contribution >= 0.6 is 0 Å². The molecule has 0 unspecified atom stereocenters. The first-order chi connectivity index (χ1) is 18.5. The van der Waals surface area contributed by atoms with Gasteiger partial charge in [-0.1, -0.05) is 61.9 Å². The maximum atomic E-state index is 13.6. The van der Waals surface area contributed by atoms with E-state index in [1.165, 1.54) is 33.4 Å². The molecule has 0 bridgehead atoms. The van der Waals surface area contributed by atoms with Crippen molar-refractivity contribution in [2.24, 2.45) is 0 Å². The second-order valence-corrected chi connectivity index (χ2v) is 9.85. The lowest BCUT2D eigenvalue weighted by molar-refractivity contribution is -0.118. The Balaban J connectivity index is 1.66. The molecule has 3 aromatic carbocycles. The molecule has 2 radical (unpaired) electrons. The average Bonchev–Trinajstić information content (AvgIpc) is 3.87. The number of nitrogens with zero attached hydrogens (tertiary/aromatic N) is 1. The summed E-state index contributed by atoms with van der Waals surface area (Å²) in [5.41, 5.74) is 10.7. The molecule has 38 heavy (non-hydrogen) atoms. The Morgan fingerprint density at radius 3 is 2.34 bits per heavy atom. The van der Waals surface area contributed by atoms with Crippen LogP contribution < -0.4 is 14.4 Å². The van der Waals surface area contributed by atoms with Crippen molar-refractivity contribution in [1.29, 1.82) is 0 Å². The highest BCUT2D eigenvalue weighted by Gasteiger charge is 2.33. The van der Waals surface area contributed by atoms with Crippen molar-refractivity contribution in [1.82, 2.24) is 0 Å². The summed E-state index contributed by atoms with van der Waals surface area (Å²) in [6, 6.07) is 18.9. The van der Waals surface area contributed by atoms with Crippen LogP contribution in [-0.2, 0) is 17.8 Å². The number of methoxy groups -OCH3 is 2. The Bertz CT molecular complexity index is 1430. The molecule has 0 saturated carbocycles. The highest BCUT2D eigenvalue weighted by molar-refractivity contribution is 5.95. The molecule has 0 aliphatic heterocycles. The number of aryl methyl sites for hydroxylation is 2. The second-order valence-electron chi connectivity index (χ2n) is 9.85. The third kappa shape index (κ3) is 5.13. The van der Waals surface area contributed by atoms with Gasteiger partial charge in [0.05, 0.1) is 20.8 Å². The van der Waals surface area contributed by atoms with E-state index >= 15 is 0 Å². The summed E-state index contributed by atoms with van der Waals surface area (Å²) in [6.07, 6.45) is 10.1. The van der Waals surface area contributed by atoms with Crippen molar-refractivity contribution >= 4 is 17.2 Å². The van der Waals surface area contributed by atoms with Crippen molar-refractivity contribution in [3.8, 4) is 11.5 Å². The van der Waals surface area contributed by atoms with Gasteiger partial charge in [0, 0.05) is 42.5 Å². The fourth-order valence-corrected chi connectivity index (χ4v) is 5.25. The van der Waals surface area contributed by atoms with E-state index in [2.05, 4.69) is 75.2 Å². The molecular weight excluding hydrogens is 470 g/mol. The molecule has 2 aliphatic rings. The molecule has 194 valence electrons. The van der Waals surface area contributed by atoms with Gasteiger partial charge < -0.3 is 14.4 Å². The first-order valence-electron chi connectivity index (χ1n) is 13.3. The van der Waals surface area contributed by atoms with E-state index < -0.39 is 0 Å². The minimum Gasteiger partial charge on any atom is -0.497 e. The van der Waals surface area contributed by atoms with Crippen LogP contribution in [0.4, 0.5) is 5.69 Å². The summed E-state index contributed by atoms with van der Waals surface area (Å²) in [5.74, 6) is 1.55. The minimum absolute atomic E-state index is 0.0474. The molecule has 2 aliphatic carbocycles.